The van der Waals surface area contributed by atoms with E-state index in [0.717, 1.165) is 61.2 Å². The lowest BCUT2D eigenvalue weighted by Gasteiger charge is -2.41. The number of fused-ring (bicyclic) bond motifs is 2. The van der Waals surface area contributed by atoms with E-state index in [9.17, 15) is 8.78 Å². The third kappa shape index (κ3) is 4.92. The smallest absolute Gasteiger partial charge is 0.230 e. The summed E-state index contributed by atoms with van der Waals surface area (Å²) in [6, 6.07) is 12.9. The molecule has 0 atom stereocenters. The number of anilines is 3. The van der Waals surface area contributed by atoms with E-state index < -0.39 is 11.8 Å². The lowest BCUT2D eigenvalue weighted by molar-refractivity contribution is 0.0828. The van der Waals surface area contributed by atoms with Crippen molar-refractivity contribution in [3.05, 3.63) is 66.8 Å². The van der Waals surface area contributed by atoms with Crippen LogP contribution in [0.4, 0.5) is 26.2 Å². The standard InChI is InChI=1S/C31H33F2N9/c1-40-13-15-41(16-14-40)21-9-11-22(12-10-21)42-17-23(26-29(34)35-18-36-30(26)42)19-5-7-20(8-6-19)37-31-38-25-4-2-3-24(32)27(25)28(33)39-31/h2-8,17-18,21-22H,9-16H2,1H3,(H2,34,35,36)(H,37,38,39)/t21-,22-. The van der Waals surface area contributed by atoms with E-state index in [1.807, 2.05) is 24.3 Å². The van der Waals surface area contributed by atoms with Crippen molar-refractivity contribution in [2.24, 2.45) is 0 Å². The minimum Gasteiger partial charge on any atom is -0.383 e. The van der Waals surface area contributed by atoms with Gasteiger partial charge in [0, 0.05) is 55.7 Å². The highest BCUT2D eigenvalue weighted by Crippen LogP contribution is 2.39. The van der Waals surface area contributed by atoms with Crippen LogP contribution in [0.1, 0.15) is 31.7 Å². The van der Waals surface area contributed by atoms with E-state index >= 15 is 0 Å². The number of nitrogen functional groups attached to an aromatic ring is 1. The molecule has 2 aromatic carbocycles. The van der Waals surface area contributed by atoms with Gasteiger partial charge in [-0.15, -0.1) is 0 Å². The molecule has 1 saturated heterocycles. The molecule has 42 heavy (non-hydrogen) atoms. The maximum absolute atomic E-state index is 14.5. The number of nitrogens with two attached hydrogens (primary N) is 1. The average molecular weight is 570 g/mol. The van der Waals surface area contributed by atoms with Crippen molar-refractivity contribution >= 4 is 39.4 Å². The molecule has 11 heteroatoms. The molecular formula is C31H33F2N9. The molecule has 0 amide bonds. The van der Waals surface area contributed by atoms with Gasteiger partial charge in [-0.25, -0.2) is 19.3 Å². The summed E-state index contributed by atoms with van der Waals surface area (Å²) in [5.41, 5.74) is 10.1. The highest BCUT2D eigenvalue weighted by atomic mass is 19.1. The number of hydrogen-bond donors (Lipinski definition) is 2. The molecule has 1 aliphatic heterocycles. The average Bonchev–Trinajstić information content (AvgIpc) is 3.39. The van der Waals surface area contributed by atoms with Crippen molar-refractivity contribution in [3.8, 4) is 11.1 Å². The zero-order chi connectivity index (χ0) is 28.8. The van der Waals surface area contributed by atoms with Crippen molar-refractivity contribution in [1.29, 1.82) is 0 Å². The Labute approximate surface area is 242 Å². The fraction of sp³-hybridized carbons (Fsp3) is 0.355. The van der Waals surface area contributed by atoms with Crippen LogP contribution < -0.4 is 11.1 Å². The van der Waals surface area contributed by atoms with Crippen LogP contribution in [0.15, 0.2) is 55.0 Å². The second-order valence-corrected chi connectivity index (χ2v) is 11.4. The summed E-state index contributed by atoms with van der Waals surface area (Å²) in [5, 5.41) is 3.66. The second kappa shape index (κ2) is 10.9. The molecule has 1 saturated carbocycles. The van der Waals surface area contributed by atoms with Gasteiger partial charge in [-0.2, -0.15) is 9.37 Å². The van der Waals surface area contributed by atoms with Crippen LogP contribution in [-0.4, -0.2) is 73.6 Å². The summed E-state index contributed by atoms with van der Waals surface area (Å²) in [5.74, 6) is -1.08. The van der Waals surface area contributed by atoms with E-state index in [0.29, 0.717) is 23.6 Å². The Morgan fingerprint density at radius 2 is 1.60 bits per heavy atom. The Hall–Kier alpha value is -4.22. The van der Waals surface area contributed by atoms with Crippen LogP contribution in [0, 0.1) is 11.8 Å². The molecular weight excluding hydrogens is 536 g/mol. The third-order valence-electron chi connectivity index (χ3n) is 8.83. The highest BCUT2D eigenvalue weighted by molar-refractivity contribution is 6.00. The Kier molecular flexibility index (Phi) is 6.91. The minimum absolute atomic E-state index is 0.0553. The fourth-order valence-electron chi connectivity index (χ4n) is 6.51. The van der Waals surface area contributed by atoms with E-state index in [2.05, 4.69) is 52.9 Å². The van der Waals surface area contributed by atoms with Gasteiger partial charge in [0.1, 0.15) is 23.6 Å². The number of benzene rings is 2. The first-order chi connectivity index (χ1) is 20.4. The molecule has 3 N–H and O–H groups in total. The van der Waals surface area contributed by atoms with Gasteiger partial charge >= 0.3 is 0 Å². The molecule has 1 aliphatic carbocycles. The monoisotopic (exact) mass is 569 g/mol. The van der Waals surface area contributed by atoms with Crippen LogP contribution in [-0.2, 0) is 0 Å². The molecule has 0 radical (unpaired) electrons. The van der Waals surface area contributed by atoms with Gasteiger partial charge in [0.05, 0.1) is 16.3 Å². The quantitative estimate of drug-likeness (QED) is 0.272. The Morgan fingerprint density at radius 1 is 0.857 bits per heavy atom. The van der Waals surface area contributed by atoms with Crippen LogP contribution in [0.25, 0.3) is 33.1 Å². The van der Waals surface area contributed by atoms with E-state index in [4.69, 9.17) is 5.73 Å². The van der Waals surface area contributed by atoms with Crippen LogP contribution in [0.3, 0.4) is 0 Å². The maximum atomic E-state index is 14.5. The van der Waals surface area contributed by atoms with Gasteiger partial charge in [-0.1, -0.05) is 18.2 Å². The number of rotatable bonds is 5. The molecule has 7 rings (SSSR count). The summed E-state index contributed by atoms with van der Waals surface area (Å²) in [7, 11) is 2.20. The Bertz CT molecular complexity index is 1740. The fourth-order valence-corrected chi connectivity index (χ4v) is 6.51. The summed E-state index contributed by atoms with van der Waals surface area (Å²) in [6.07, 6.45) is 8.24. The summed E-state index contributed by atoms with van der Waals surface area (Å²) < 4.78 is 30.8. The number of aromatic nitrogens is 5. The number of piperazine rings is 1. The summed E-state index contributed by atoms with van der Waals surface area (Å²) >= 11 is 0. The van der Waals surface area contributed by atoms with Crippen molar-refractivity contribution < 1.29 is 8.78 Å². The molecule has 0 bridgehead atoms. The molecule has 3 aromatic heterocycles. The number of hydrogen-bond acceptors (Lipinski definition) is 8. The van der Waals surface area contributed by atoms with E-state index in [1.165, 1.54) is 31.3 Å². The first-order valence-corrected chi connectivity index (χ1v) is 14.5. The van der Waals surface area contributed by atoms with Gasteiger partial charge < -0.3 is 20.5 Å². The van der Waals surface area contributed by atoms with Gasteiger partial charge in [0.25, 0.3) is 0 Å². The normalized spacial score (nSPS) is 20.4. The molecule has 9 nitrogen and oxygen atoms in total. The lowest BCUT2D eigenvalue weighted by Crippen LogP contribution is -2.49. The zero-order valence-electron chi connectivity index (χ0n) is 23.5. The van der Waals surface area contributed by atoms with Crippen LogP contribution >= 0.6 is 0 Å². The number of nitrogens with one attached hydrogen (secondary N) is 1. The third-order valence-corrected chi connectivity index (χ3v) is 8.83. The summed E-state index contributed by atoms with van der Waals surface area (Å²) in [6.45, 7) is 4.58. The van der Waals surface area contributed by atoms with Crippen LogP contribution in [0.5, 0.6) is 0 Å². The Balaban J connectivity index is 1.13. The van der Waals surface area contributed by atoms with Gasteiger partial charge in [0.15, 0.2) is 0 Å². The van der Waals surface area contributed by atoms with E-state index in [-0.39, 0.29) is 16.9 Å². The largest absolute Gasteiger partial charge is 0.383 e. The molecule has 4 heterocycles. The van der Waals surface area contributed by atoms with Gasteiger partial charge in [-0.05, 0) is 62.6 Å². The van der Waals surface area contributed by atoms with Crippen LogP contribution in [0.2, 0.25) is 0 Å². The van der Waals surface area contributed by atoms with Gasteiger partial charge in [0.2, 0.25) is 11.9 Å². The maximum Gasteiger partial charge on any atom is 0.230 e. The molecule has 5 aromatic rings. The molecule has 0 unspecified atom stereocenters. The lowest BCUT2D eigenvalue weighted by atomic mass is 9.89. The second-order valence-electron chi connectivity index (χ2n) is 11.4. The van der Waals surface area contributed by atoms with Gasteiger partial charge in [-0.3, -0.25) is 4.90 Å². The van der Waals surface area contributed by atoms with Crippen molar-refractivity contribution in [2.75, 3.05) is 44.3 Å². The minimum atomic E-state index is -0.905. The highest BCUT2D eigenvalue weighted by Gasteiger charge is 2.30. The topological polar surface area (TPSA) is 101 Å². The molecule has 0 spiro atoms. The SMILES string of the molecule is CN1CCN([C@H]2CC[C@H](n3cc(-c4ccc(Nc5nc(F)c6c(F)cccc6n5)cc4)c4c(N)ncnc43)CC2)CC1. The van der Waals surface area contributed by atoms with E-state index in [1.54, 1.807) is 6.07 Å². The zero-order valence-corrected chi connectivity index (χ0v) is 23.5. The number of halogens is 2. The van der Waals surface area contributed by atoms with Crippen molar-refractivity contribution in [2.45, 2.75) is 37.8 Å². The number of nitrogens with zero attached hydrogens (tertiary/aromatic N) is 7. The molecule has 216 valence electrons. The predicted molar refractivity (Wildman–Crippen MR) is 160 cm³/mol. The molecule has 2 fully saturated rings. The Morgan fingerprint density at radius 3 is 2.36 bits per heavy atom. The first kappa shape index (κ1) is 26.7. The summed E-state index contributed by atoms with van der Waals surface area (Å²) in [4.78, 5) is 22.1. The number of likely N-dealkylation sites (N-methyl/N-ethyl adjacent to an activating group) is 1. The van der Waals surface area contributed by atoms with Crippen molar-refractivity contribution in [1.82, 2.24) is 34.3 Å². The first-order valence-electron chi connectivity index (χ1n) is 14.5. The van der Waals surface area contributed by atoms with Crippen molar-refractivity contribution in [3.63, 3.8) is 0 Å². The molecule has 2 aliphatic rings. The predicted octanol–water partition coefficient (Wildman–Crippen LogP) is 5.38.